The Balaban J connectivity index is 1.86. The van der Waals surface area contributed by atoms with Crippen molar-refractivity contribution in [3.63, 3.8) is 0 Å². The van der Waals surface area contributed by atoms with E-state index in [9.17, 15) is 28.3 Å². The minimum absolute atomic E-state index is 0.0282. The van der Waals surface area contributed by atoms with Crippen molar-refractivity contribution in [2.75, 3.05) is 13.1 Å². The number of carbonyl (C=O) groups is 3. The van der Waals surface area contributed by atoms with E-state index in [2.05, 4.69) is 22.4 Å². The van der Waals surface area contributed by atoms with Gasteiger partial charge in [-0.3, -0.25) is 14.4 Å². The van der Waals surface area contributed by atoms with Crippen LogP contribution in [0.25, 0.3) is 0 Å². The first-order chi connectivity index (χ1) is 16.5. The van der Waals surface area contributed by atoms with Crippen molar-refractivity contribution in [1.82, 2.24) is 20.7 Å². The van der Waals surface area contributed by atoms with Gasteiger partial charge in [-0.05, 0) is 25.8 Å². The van der Waals surface area contributed by atoms with Crippen LogP contribution in [-0.2, 0) is 16.0 Å². The molecule has 188 valence electrons. The second-order valence-corrected chi connectivity index (χ2v) is 8.49. The third-order valence-electron chi connectivity index (χ3n) is 5.79. The maximum Gasteiger partial charge on any atom is 0.267 e. The van der Waals surface area contributed by atoms with Crippen LogP contribution in [0.15, 0.2) is 47.5 Å². The van der Waals surface area contributed by atoms with Crippen LogP contribution in [-0.4, -0.2) is 70.1 Å². The monoisotopic (exact) mass is 490 g/mol. The fourth-order valence-corrected chi connectivity index (χ4v) is 4.07. The summed E-state index contributed by atoms with van der Waals surface area (Å²) in [6.07, 6.45) is -1.36. The van der Waals surface area contributed by atoms with Crippen LogP contribution < -0.4 is 10.6 Å². The molecule has 1 aromatic heterocycles. The Morgan fingerprint density at radius 1 is 1.31 bits per heavy atom. The normalized spacial score (nSPS) is 18.5. The molecule has 0 spiro atoms. The first-order valence-corrected chi connectivity index (χ1v) is 11.1. The lowest BCUT2D eigenvalue weighted by Gasteiger charge is -2.30. The van der Waals surface area contributed by atoms with Crippen LogP contribution in [0.3, 0.4) is 0 Å². The quantitative estimate of drug-likeness (QED) is 0.458. The Kier molecular flexibility index (Phi) is 8.00. The Morgan fingerprint density at radius 3 is 2.60 bits per heavy atom. The Morgan fingerprint density at radius 2 is 2.00 bits per heavy atom. The number of amides is 3. The fourth-order valence-electron chi connectivity index (χ4n) is 4.07. The summed E-state index contributed by atoms with van der Waals surface area (Å²) < 4.78 is 33.5. The standard InChI is InChI=1S/C24H28F2N4O5/c1-4-10-27-21(32)18-12-24(25,26)13-30(18)23(34)20(31)17(11-16-8-6-5-7-9-16)28-22(33)19-14(2)29-35-15(19)3/h4-9,17-18,20,31H,1,10-13H2,2-3H3,(H,27,32)(H,28,33)/t17-,18-,20-/m0/s1. The molecule has 0 saturated carbocycles. The van der Waals surface area contributed by atoms with Crippen molar-refractivity contribution in [2.24, 2.45) is 0 Å². The van der Waals surface area contributed by atoms with Gasteiger partial charge in [-0.1, -0.05) is 41.6 Å². The lowest BCUT2D eigenvalue weighted by molar-refractivity contribution is -0.147. The molecule has 0 aliphatic carbocycles. The largest absolute Gasteiger partial charge is 0.381 e. The highest BCUT2D eigenvalue weighted by molar-refractivity contribution is 5.97. The number of hydrogen-bond donors (Lipinski definition) is 3. The molecular weight excluding hydrogens is 462 g/mol. The number of nitrogens with one attached hydrogen (secondary N) is 2. The molecular formula is C24H28F2N4O5. The minimum Gasteiger partial charge on any atom is -0.381 e. The first-order valence-electron chi connectivity index (χ1n) is 11.1. The number of aryl methyl sites for hydroxylation is 2. The Bertz CT molecular complexity index is 1070. The molecule has 1 aliphatic rings. The van der Waals surface area contributed by atoms with Gasteiger partial charge in [0.05, 0.1) is 18.3 Å². The Hall–Kier alpha value is -3.60. The van der Waals surface area contributed by atoms with Gasteiger partial charge in [0.15, 0.2) is 6.10 Å². The van der Waals surface area contributed by atoms with E-state index in [0.29, 0.717) is 16.2 Å². The van der Waals surface area contributed by atoms with Gasteiger partial charge in [0.25, 0.3) is 17.7 Å². The van der Waals surface area contributed by atoms with Crippen LogP contribution in [0, 0.1) is 13.8 Å². The van der Waals surface area contributed by atoms with Gasteiger partial charge < -0.3 is 25.2 Å². The molecule has 9 nitrogen and oxygen atoms in total. The van der Waals surface area contributed by atoms with E-state index in [4.69, 9.17) is 4.52 Å². The van der Waals surface area contributed by atoms with Gasteiger partial charge >= 0.3 is 0 Å². The number of hydrogen-bond acceptors (Lipinski definition) is 6. The topological polar surface area (TPSA) is 125 Å². The molecule has 1 aromatic carbocycles. The summed E-state index contributed by atoms with van der Waals surface area (Å²) in [4.78, 5) is 39.3. The molecule has 0 bridgehead atoms. The molecule has 3 N–H and O–H groups in total. The number of alkyl halides is 2. The summed E-state index contributed by atoms with van der Waals surface area (Å²) in [7, 11) is 0. The highest BCUT2D eigenvalue weighted by atomic mass is 19.3. The number of benzene rings is 1. The number of aliphatic hydroxyl groups excluding tert-OH is 1. The van der Waals surface area contributed by atoms with Crippen LogP contribution in [0.5, 0.6) is 0 Å². The minimum atomic E-state index is -3.31. The van der Waals surface area contributed by atoms with E-state index in [-0.39, 0.29) is 24.3 Å². The maximum absolute atomic E-state index is 14.2. The molecule has 3 amide bonds. The Labute approximate surface area is 201 Å². The van der Waals surface area contributed by atoms with Crippen molar-refractivity contribution in [2.45, 2.75) is 50.8 Å². The predicted molar refractivity (Wildman–Crippen MR) is 122 cm³/mol. The highest BCUT2D eigenvalue weighted by Gasteiger charge is 2.51. The van der Waals surface area contributed by atoms with E-state index in [1.807, 2.05) is 0 Å². The molecule has 2 heterocycles. The number of aliphatic hydroxyl groups is 1. The highest BCUT2D eigenvalue weighted by Crippen LogP contribution is 2.33. The van der Waals surface area contributed by atoms with E-state index < -0.39 is 54.8 Å². The number of rotatable bonds is 9. The van der Waals surface area contributed by atoms with Gasteiger partial charge in [-0.15, -0.1) is 6.58 Å². The van der Waals surface area contributed by atoms with Crippen molar-refractivity contribution in [3.8, 4) is 0 Å². The average molecular weight is 491 g/mol. The number of likely N-dealkylation sites (tertiary alicyclic amines) is 1. The number of carbonyl (C=O) groups excluding carboxylic acids is 3. The lowest BCUT2D eigenvalue weighted by Crippen LogP contribution is -2.56. The maximum atomic E-state index is 14.2. The molecule has 0 unspecified atom stereocenters. The van der Waals surface area contributed by atoms with Crippen LogP contribution in [0.4, 0.5) is 8.78 Å². The predicted octanol–water partition coefficient (Wildman–Crippen LogP) is 1.53. The zero-order valence-corrected chi connectivity index (χ0v) is 19.5. The van der Waals surface area contributed by atoms with Crippen LogP contribution in [0.1, 0.15) is 33.8 Å². The number of nitrogens with zero attached hydrogens (tertiary/aromatic N) is 2. The summed E-state index contributed by atoms with van der Waals surface area (Å²) in [5.74, 6) is -5.55. The molecule has 1 fully saturated rings. The summed E-state index contributed by atoms with van der Waals surface area (Å²) in [6.45, 7) is 5.58. The molecule has 1 saturated heterocycles. The molecule has 3 rings (SSSR count). The zero-order chi connectivity index (χ0) is 25.8. The van der Waals surface area contributed by atoms with E-state index in [0.717, 1.165) is 0 Å². The van der Waals surface area contributed by atoms with Gasteiger partial charge in [-0.25, -0.2) is 8.78 Å². The summed E-state index contributed by atoms with van der Waals surface area (Å²) in [6, 6.07) is 6.10. The fraction of sp³-hybridized carbons (Fsp3) is 0.417. The molecule has 11 heteroatoms. The van der Waals surface area contributed by atoms with Crippen molar-refractivity contribution in [3.05, 3.63) is 65.6 Å². The van der Waals surface area contributed by atoms with Gasteiger partial charge in [0.1, 0.15) is 17.4 Å². The molecule has 3 atom stereocenters. The van der Waals surface area contributed by atoms with Crippen molar-refractivity contribution < 1.29 is 32.8 Å². The third-order valence-corrected chi connectivity index (χ3v) is 5.79. The number of halogens is 2. The van der Waals surface area contributed by atoms with E-state index in [1.54, 1.807) is 44.2 Å². The zero-order valence-electron chi connectivity index (χ0n) is 19.5. The summed E-state index contributed by atoms with van der Waals surface area (Å²) >= 11 is 0. The summed E-state index contributed by atoms with van der Waals surface area (Å²) in [5, 5.41) is 19.8. The molecule has 0 radical (unpaired) electrons. The van der Waals surface area contributed by atoms with Crippen LogP contribution >= 0.6 is 0 Å². The van der Waals surface area contributed by atoms with Crippen molar-refractivity contribution >= 4 is 17.7 Å². The average Bonchev–Trinajstić information content (AvgIpc) is 3.34. The summed E-state index contributed by atoms with van der Waals surface area (Å²) in [5.41, 5.74) is 1.16. The third kappa shape index (κ3) is 6.10. The SMILES string of the molecule is C=CCNC(=O)[C@@H]1CC(F)(F)CN1C(=O)[C@@H](O)[C@H](Cc1ccccc1)NC(=O)c1c(C)noc1C. The first kappa shape index (κ1) is 26.0. The smallest absolute Gasteiger partial charge is 0.267 e. The molecule has 1 aliphatic heterocycles. The lowest BCUT2D eigenvalue weighted by atomic mass is 9.99. The van der Waals surface area contributed by atoms with E-state index >= 15 is 0 Å². The number of aromatic nitrogens is 1. The van der Waals surface area contributed by atoms with Crippen LogP contribution in [0.2, 0.25) is 0 Å². The molecule has 35 heavy (non-hydrogen) atoms. The van der Waals surface area contributed by atoms with Gasteiger partial charge in [0.2, 0.25) is 5.91 Å². The van der Waals surface area contributed by atoms with Gasteiger partial charge in [-0.2, -0.15) is 0 Å². The molecule has 2 aromatic rings. The second-order valence-electron chi connectivity index (χ2n) is 8.49. The van der Waals surface area contributed by atoms with E-state index in [1.165, 1.54) is 6.08 Å². The van der Waals surface area contributed by atoms with Gasteiger partial charge in [0, 0.05) is 13.0 Å². The second kappa shape index (κ2) is 10.8. The van der Waals surface area contributed by atoms with Crippen molar-refractivity contribution in [1.29, 1.82) is 0 Å².